The van der Waals surface area contributed by atoms with E-state index < -0.39 is 11.6 Å². The van der Waals surface area contributed by atoms with Crippen LogP contribution in [-0.2, 0) is 0 Å². The number of aromatic nitrogens is 1. The van der Waals surface area contributed by atoms with Crippen LogP contribution < -0.4 is 10.6 Å². The van der Waals surface area contributed by atoms with Crippen molar-refractivity contribution in [1.82, 2.24) is 15.2 Å². The van der Waals surface area contributed by atoms with E-state index >= 15 is 0 Å². The molecular formula is C18H20F2N4O. The van der Waals surface area contributed by atoms with Crippen LogP contribution in [0, 0.1) is 18.6 Å². The minimum Gasteiger partial charge on any atom is -0.333 e. The lowest BCUT2D eigenvalue weighted by molar-refractivity contribution is 0.240. The molecule has 1 aromatic carbocycles. The molecule has 2 N–H and O–H groups in total. The third-order valence-electron chi connectivity index (χ3n) is 4.52. The normalized spacial score (nSPS) is 20.5. The maximum atomic E-state index is 13.6. The zero-order valence-electron chi connectivity index (χ0n) is 14.1. The van der Waals surface area contributed by atoms with Crippen LogP contribution in [0.5, 0.6) is 0 Å². The van der Waals surface area contributed by atoms with Crippen molar-refractivity contribution in [3.8, 4) is 0 Å². The molecule has 3 rings (SSSR count). The van der Waals surface area contributed by atoms with Crippen LogP contribution in [0.4, 0.5) is 19.3 Å². The van der Waals surface area contributed by atoms with Gasteiger partial charge in [0.05, 0.1) is 12.1 Å². The largest absolute Gasteiger partial charge is 0.333 e. The molecule has 2 amide bonds. The van der Waals surface area contributed by atoms with Crippen LogP contribution in [0.15, 0.2) is 36.7 Å². The third kappa shape index (κ3) is 3.76. The van der Waals surface area contributed by atoms with E-state index in [9.17, 15) is 13.6 Å². The minimum absolute atomic E-state index is 0.197. The number of likely N-dealkylation sites (tertiary alicyclic amines) is 1. The molecule has 0 radical (unpaired) electrons. The summed E-state index contributed by atoms with van der Waals surface area (Å²) < 4.78 is 26.8. The van der Waals surface area contributed by atoms with Gasteiger partial charge in [0.2, 0.25) is 0 Å². The summed E-state index contributed by atoms with van der Waals surface area (Å²) in [5.41, 5.74) is 2.19. The van der Waals surface area contributed by atoms with E-state index in [1.54, 1.807) is 24.5 Å². The van der Waals surface area contributed by atoms with Crippen molar-refractivity contribution in [2.45, 2.75) is 25.4 Å². The first-order valence-electron chi connectivity index (χ1n) is 8.09. The summed E-state index contributed by atoms with van der Waals surface area (Å²) in [6.07, 6.45) is 4.00. The quantitative estimate of drug-likeness (QED) is 0.897. The third-order valence-corrected chi connectivity index (χ3v) is 4.52. The topological polar surface area (TPSA) is 57.3 Å². The molecule has 132 valence electrons. The summed E-state index contributed by atoms with van der Waals surface area (Å²) in [4.78, 5) is 18.3. The fraction of sp³-hybridized carbons (Fsp3) is 0.333. The molecule has 2 heterocycles. The SMILES string of the molecule is Cc1cnccc1NC(=O)N[C@@H]1CCN(C)[C@H]1c1ccc(F)c(F)c1. The Morgan fingerprint density at radius 1 is 1.28 bits per heavy atom. The summed E-state index contributed by atoms with van der Waals surface area (Å²) in [5, 5.41) is 5.74. The number of halogens is 2. The molecule has 1 aliphatic heterocycles. The first kappa shape index (κ1) is 17.3. The number of anilines is 1. The van der Waals surface area contributed by atoms with E-state index in [4.69, 9.17) is 0 Å². The fourth-order valence-corrected chi connectivity index (χ4v) is 3.22. The van der Waals surface area contributed by atoms with E-state index in [2.05, 4.69) is 15.6 Å². The van der Waals surface area contributed by atoms with Gasteiger partial charge in [0.1, 0.15) is 0 Å². The molecule has 0 saturated carbocycles. The summed E-state index contributed by atoms with van der Waals surface area (Å²) in [6, 6.07) is 4.86. The van der Waals surface area contributed by atoms with Gasteiger partial charge in [-0.1, -0.05) is 6.07 Å². The summed E-state index contributed by atoms with van der Waals surface area (Å²) in [7, 11) is 1.90. The zero-order valence-corrected chi connectivity index (χ0v) is 14.1. The van der Waals surface area contributed by atoms with Gasteiger partial charge in [0.25, 0.3) is 0 Å². The number of carbonyl (C=O) groups excluding carboxylic acids is 1. The number of urea groups is 1. The molecule has 1 aromatic heterocycles. The van der Waals surface area contributed by atoms with Crippen LogP contribution in [0.3, 0.4) is 0 Å². The van der Waals surface area contributed by atoms with Crippen LogP contribution in [0.1, 0.15) is 23.6 Å². The molecule has 7 heteroatoms. The molecule has 5 nitrogen and oxygen atoms in total. The molecule has 1 fully saturated rings. The average Bonchev–Trinajstić information content (AvgIpc) is 2.93. The van der Waals surface area contributed by atoms with Crippen molar-refractivity contribution in [2.75, 3.05) is 18.9 Å². The predicted molar refractivity (Wildman–Crippen MR) is 91.3 cm³/mol. The van der Waals surface area contributed by atoms with E-state index in [-0.39, 0.29) is 18.1 Å². The maximum Gasteiger partial charge on any atom is 0.319 e. The maximum absolute atomic E-state index is 13.6. The van der Waals surface area contributed by atoms with Crippen LogP contribution in [-0.4, -0.2) is 35.5 Å². The van der Waals surface area contributed by atoms with E-state index in [0.717, 1.165) is 24.6 Å². The Hall–Kier alpha value is -2.54. The fourth-order valence-electron chi connectivity index (χ4n) is 3.22. The molecule has 2 aromatic rings. The van der Waals surface area contributed by atoms with Crippen LogP contribution >= 0.6 is 0 Å². The predicted octanol–water partition coefficient (Wildman–Crippen LogP) is 3.24. The van der Waals surface area contributed by atoms with Crippen LogP contribution in [0.2, 0.25) is 0 Å². The number of pyridine rings is 1. The molecule has 2 atom stereocenters. The summed E-state index contributed by atoms with van der Waals surface area (Å²) >= 11 is 0. The van der Waals surface area contributed by atoms with Gasteiger partial charge in [-0.3, -0.25) is 9.88 Å². The average molecular weight is 346 g/mol. The molecule has 1 saturated heterocycles. The van der Waals surface area contributed by atoms with Crippen molar-refractivity contribution in [1.29, 1.82) is 0 Å². The number of aryl methyl sites for hydroxylation is 1. The molecule has 1 aliphatic rings. The van der Waals surface area contributed by atoms with Crippen molar-refractivity contribution in [2.24, 2.45) is 0 Å². The number of hydrogen-bond acceptors (Lipinski definition) is 3. The van der Waals surface area contributed by atoms with Gasteiger partial charge in [-0.15, -0.1) is 0 Å². The number of amides is 2. The highest BCUT2D eigenvalue weighted by Gasteiger charge is 2.34. The number of carbonyl (C=O) groups is 1. The second kappa shape index (κ2) is 7.14. The van der Waals surface area contributed by atoms with Gasteiger partial charge >= 0.3 is 6.03 Å². The Bertz CT molecular complexity index is 783. The first-order chi connectivity index (χ1) is 12.0. The number of likely N-dealkylation sites (N-methyl/N-ethyl adjacent to an activating group) is 1. The smallest absolute Gasteiger partial charge is 0.319 e. The lowest BCUT2D eigenvalue weighted by Gasteiger charge is -2.26. The van der Waals surface area contributed by atoms with Crippen molar-refractivity contribution in [3.63, 3.8) is 0 Å². The number of hydrogen-bond donors (Lipinski definition) is 2. The monoisotopic (exact) mass is 346 g/mol. The lowest BCUT2D eigenvalue weighted by Crippen LogP contribution is -2.41. The van der Waals surface area contributed by atoms with Crippen molar-refractivity contribution >= 4 is 11.7 Å². The Kier molecular flexibility index (Phi) is 4.94. The standard InChI is InChI=1S/C18H20F2N4O/c1-11-10-21-7-5-15(11)22-18(25)23-16-6-8-24(2)17(16)12-3-4-13(19)14(20)9-12/h3-5,7,9-10,16-17H,6,8H2,1-2H3,(H2,21,22,23,25)/t16-,17+/m1/s1. The van der Waals surface area contributed by atoms with Crippen molar-refractivity contribution in [3.05, 3.63) is 59.4 Å². The van der Waals surface area contributed by atoms with Gasteiger partial charge in [-0.05, 0) is 49.7 Å². The highest BCUT2D eigenvalue weighted by molar-refractivity contribution is 5.90. The highest BCUT2D eigenvalue weighted by Crippen LogP contribution is 2.31. The molecule has 0 aliphatic carbocycles. The van der Waals surface area contributed by atoms with Crippen LogP contribution in [0.25, 0.3) is 0 Å². The van der Waals surface area contributed by atoms with Gasteiger partial charge < -0.3 is 10.6 Å². The number of rotatable bonds is 3. The molecule has 0 unspecified atom stereocenters. The number of benzene rings is 1. The van der Waals surface area contributed by atoms with E-state index in [0.29, 0.717) is 11.3 Å². The van der Waals surface area contributed by atoms with Gasteiger partial charge in [-0.25, -0.2) is 13.6 Å². The van der Waals surface area contributed by atoms with E-state index in [1.807, 2.05) is 18.9 Å². The van der Waals surface area contributed by atoms with Gasteiger partial charge in [0, 0.05) is 24.6 Å². The van der Waals surface area contributed by atoms with Gasteiger partial charge in [0.15, 0.2) is 11.6 Å². The second-order valence-corrected chi connectivity index (χ2v) is 6.28. The van der Waals surface area contributed by atoms with Crippen molar-refractivity contribution < 1.29 is 13.6 Å². The number of nitrogens with zero attached hydrogens (tertiary/aromatic N) is 2. The zero-order chi connectivity index (χ0) is 18.0. The molecular weight excluding hydrogens is 326 g/mol. The Labute approximate surface area is 145 Å². The Morgan fingerprint density at radius 3 is 2.80 bits per heavy atom. The molecule has 0 spiro atoms. The molecule has 25 heavy (non-hydrogen) atoms. The van der Waals surface area contributed by atoms with Gasteiger partial charge in [-0.2, -0.15) is 0 Å². The van der Waals surface area contributed by atoms with E-state index in [1.165, 1.54) is 6.07 Å². The number of nitrogens with one attached hydrogen (secondary N) is 2. The first-order valence-corrected chi connectivity index (χ1v) is 8.09. The molecule has 0 bridgehead atoms. The summed E-state index contributed by atoms with van der Waals surface area (Å²) in [5.74, 6) is -1.76. The summed E-state index contributed by atoms with van der Waals surface area (Å²) in [6.45, 7) is 2.61. The minimum atomic E-state index is -0.881. The lowest BCUT2D eigenvalue weighted by atomic mass is 10.00. The second-order valence-electron chi connectivity index (χ2n) is 6.28. The highest BCUT2D eigenvalue weighted by atomic mass is 19.2. The Morgan fingerprint density at radius 2 is 2.08 bits per heavy atom. The Balaban J connectivity index is 1.73.